The first kappa shape index (κ1) is 19.1. The number of imidazole rings is 1. The summed E-state index contributed by atoms with van der Waals surface area (Å²) in [5.41, 5.74) is 0.0909. The Kier molecular flexibility index (Phi) is 4.66. The average Bonchev–Trinajstić information content (AvgIpc) is 3.20. The van der Waals surface area contributed by atoms with Gasteiger partial charge in [0.05, 0.1) is 12.1 Å². The van der Waals surface area contributed by atoms with Crippen molar-refractivity contribution in [3.63, 3.8) is 0 Å². The molecule has 0 aliphatic heterocycles. The zero-order valence-electron chi connectivity index (χ0n) is 16.2. The van der Waals surface area contributed by atoms with E-state index in [1.54, 1.807) is 24.3 Å². The molecule has 0 bridgehead atoms. The van der Waals surface area contributed by atoms with Crippen LogP contribution in [0.1, 0.15) is 16.2 Å². The number of hydrogen-bond donors (Lipinski definition) is 2. The fourth-order valence-electron chi connectivity index (χ4n) is 3.14. The quantitative estimate of drug-likeness (QED) is 0.495. The van der Waals surface area contributed by atoms with Crippen molar-refractivity contribution in [2.24, 2.45) is 14.1 Å². The molecule has 2 N–H and O–H groups in total. The highest BCUT2D eigenvalue weighted by Gasteiger charge is 2.14. The van der Waals surface area contributed by atoms with Gasteiger partial charge in [-0.15, -0.1) is 0 Å². The van der Waals surface area contributed by atoms with Crippen molar-refractivity contribution < 1.29 is 4.79 Å². The Morgan fingerprint density at radius 2 is 1.77 bits per heavy atom. The molecule has 0 saturated carbocycles. The molecule has 0 aliphatic rings. The SMILES string of the molecule is Cn1c(=O)c2[nH]c(CNC(=O)c3ccc(=O)n(-c4ccccc4)c3)nc2n(C)c1=O. The summed E-state index contributed by atoms with van der Waals surface area (Å²) in [6.07, 6.45) is 1.46. The smallest absolute Gasteiger partial charge is 0.332 e. The number of aryl methyl sites for hydroxylation is 1. The number of aromatic nitrogens is 5. The lowest BCUT2D eigenvalue weighted by Crippen LogP contribution is -2.36. The second-order valence-corrected chi connectivity index (χ2v) is 6.73. The van der Waals surface area contributed by atoms with Crippen LogP contribution in [0.4, 0.5) is 0 Å². The fraction of sp³-hybridized carbons (Fsp3) is 0.150. The zero-order valence-corrected chi connectivity index (χ0v) is 16.2. The second kappa shape index (κ2) is 7.32. The number of carbonyl (C=O) groups is 1. The number of amides is 1. The van der Waals surface area contributed by atoms with Crippen molar-refractivity contribution in [1.29, 1.82) is 0 Å². The highest BCUT2D eigenvalue weighted by Crippen LogP contribution is 2.07. The van der Waals surface area contributed by atoms with Crippen LogP contribution in [0.15, 0.2) is 63.0 Å². The van der Waals surface area contributed by atoms with E-state index in [0.717, 1.165) is 4.57 Å². The summed E-state index contributed by atoms with van der Waals surface area (Å²) < 4.78 is 3.62. The largest absolute Gasteiger partial charge is 0.345 e. The van der Waals surface area contributed by atoms with Crippen molar-refractivity contribution >= 4 is 17.1 Å². The molecule has 4 aromatic rings. The van der Waals surface area contributed by atoms with E-state index in [4.69, 9.17) is 0 Å². The van der Waals surface area contributed by atoms with Gasteiger partial charge in [-0.2, -0.15) is 0 Å². The maximum absolute atomic E-state index is 12.6. The van der Waals surface area contributed by atoms with Gasteiger partial charge in [-0.05, 0) is 18.2 Å². The number of rotatable bonds is 4. The Morgan fingerprint density at radius 3 is 2.50 bits per heavy atom. The number of benzene rings is 1. The fourth-order valence-corrected chi connectivity index (χ4v) is 3.14. The van der Waals surface area contributed by atoms with Gasteiger partial charge in [-0.1, -0.05) is 18.2 Å². The van der Waals surface area contributed by atoms with Crippen molar-refractivity contribution in [2.45, 2.75) is 6.54 Å². The molecule has 152 valence electrons. The molecular formula is C20H18N6O4. The molecule has 0 aliphatic carbocycles. The minimum Gasteiger partial charge on any atom is -0.345 e. The molecule has 0 spiro atoms. The van der Waals surface area contributed by atoms with Crippen LogP contribution in [-0.4, -0.2) is 29.6 Å². The summed E-state index contributed by atoms with van der Waals surface area (Å²) in [6.45, 7) is 0.00925. The standard InChI is InChI=1S/C20H18N6O4/c1-24-17-16(19(29)25(2)20(24)30)22-14(23-17)10-21-18(28)12-8-9-15(27)26(11-12)13-6-4-3-5-7-13/h3-9,11H,10H2,1-2H3,(H,21,28)(H,22,23). The summed E-state index contributed by atoms with van der Waals surface area (Å²) in [5, 5.41) is 2.70. The van der Waals surface area contributed by atoms with E-state index in [1.165, 1.54) is 41.6 Å². The molecule has 1 aromatic carbocycles. The third-order valence-corrected chi connectivity index (χ3v) is 4.77. The average molecular weight is 406 g/mol. The van der Waals surface area contributed by atoms with Gasteiger partial charge in [0, 0.05) is 32.0 Å². The van der Waals surface area contributed by atoms with Crippen molar-refractivity contribution in [3.05, 3.63) is 91.2 Å². The van der Waals surface area contributed by atoms with Gasteiger partial charge in [0.2, 0.25) is 0 Å². The number of para-hydroxylation sites is 1. The molecular weight excluding hydrogens is 388 g/mol. The van der Waals surface area contributed by atoms with Crippen LogP contribution in [0.5, 0.6) is 0 Å². The molecule has 0 atom stereocenters. The van der Waals surface area contributed by atoms with Crippen LogP contribution in [0, 0.1) is 0 Å². The number of H-pyrrole nitrogens is 1. The third kappa shape index (κ3) is 3.24. The van der Waals surface area contributed by atoms with Crippen LogP contribution in [0.3, 0.4) is 0 Å². The number of pyridine rings is 1. The maximum atomic E-state index is 12.6. The van der Waals surface area contributed by atoms with Crippen LogP contribution in [0.25, 0.3) is 16.9 Å². The van der Waals surface area contributed by atoms with Gasteiger partial charge in [0.15, 0.2) is 5.65 Å². The van der Waals surface area contributed by atoms with Gasteiger partial charge in [0.1, 0.15) is 11.3 Å². The van der Waals surface area contributed by atoms with Gasteiger partial charge in [-0.25, -0.2) is 9.78 Å². The summed E-state index contributed by atoms with van der Waals surface area (Å²) in [7, 11) is 2.90. The first-order valence-corrected chi connectivity index (χ1v) is 9.08. The predicted molar refractivity (Wildman–Crippen MR) is 110 cm³/mol. The lowest BCUT2D eigenvalue weighted by atomic mass is 10.2. The number of carbonyl (C=O) groups excluding carboxylic acids is 1. The molecule has 3 heterocycles. The van der Waals surface area contributed by atoms with E-state index >= 15 is 0 Å². The van der Waals surface area contributed by atoms with Crippen LogP contribution >= 0.6 is 0 Å². The summed E-state index contributed by atoms with van der Waals surface area (Å²) >= 11 is 0. The third-order valence-electron chi connectivity index (χ3n) is 4.77. The number of nitrogens with zero attached hydrogens (tertiary/aromatic N) is 4. The molecule has 10 heteroatoms. The summed E-state index contributed by atoms with van der Waals surface area (Å²) in [6, 6.07) is 11.7. The molecule has 0 fully saturated rings. The number of nitrogens with one attached hydrogen (secondary N) is 2. The molecule has 10 nitrogen and oxygen atoms in total. The summed E-state index contributed by atoms with van der Waals surface area (Å²) in [4.78, 5) is 56.1. The molecule has 4 rings (SSSR count). The molecule has 0 unspecified atom stereocenters. The van der Waals surface area contributed by atoms with Gasteiger partial charge >= 0.3 is 5.69 Å². The maximum Gasteiger partial charge on any atom is 0.332 e. The van der Waals surface area contributed by atoms with Crippen LogP contribution in [-0.2, 0) is 20.6 Å². The predicted octanol–water partition coefficient (Wildman–Crippen LogP) is 0.0412. The zero-order chi connectivity index (χ0) is 21.4. The van der Waals surface area contributed by atoms with Gasteiger partial charge < -0.3 is 10.3 Å². The lowest BCUT2D eigenvalue weighted by molar-refractivity contribution is 0.0949. The van der Waals surface area contributed by atoms with Crippen LogP contribution in [0.2, 0.25) is 0 Å². The molecule has 1 amide bonds. The Hall–Kier alpha value is -4.21. The molecule has 3 aromatic heterocycles. The van der Waals surface area contributed by atoms with Gasteiger partial charge in [0.25, 0.3) is 17.0 Å². The monoisotopic (exact) mass is 406 g/mol. The Bertz CT molecular complexity index is 1440. The first-order valence-electron chi connectivity index (χ1n) is 9.08. The molecule has 30 heavy (non-hydrogen) atoms. The number of hydrogen-bond acceptors (Lipinski definition) is 5. The number of aromatic amines is 1. The second-order valence-electron chi connectivity index (χ2n) is 6.73. The van der Waals surface area contributed by atoms with Crippen molar-refractivity contribution in [2.75, 3.05) is 0 Å². The van der Waals surface area contributed by atoms with E-state index in [9.17, 15) is 19.2 Å². The highest BCUT2D eigenvalue weighted by molar-refractivity contribution is 5.93. The normalized spacial score (nSPS) is 11.0. The van der Waals surface area contributed by atoms with E-state index in [-0.39, 0.29) is 28.8 Å². The molecule has 0 radical (unpaired) electrons. The topological polar surface area (TPSA) is 124 Å². The molecule has 0 saturated heterocycles. The van der Waals surface area contributed by atoms with Gasteiger partial charge in [-0.3, -0.25) is 28.1 Å². The lowest BCUT2D eigenvalue weighted by Gasteiger charge is -2.08. The van der Waals surface area contributed by atoms with Crippen molar-refractivity contribution in [3.8, 4) is 5.69 Å². The summed E-state index contributed by atoms with van der Waals surface area (Å²) in [5.74, 6) is -0.0880. The minimum atomic E-state index is -0.492. The minimum absolute atomic E-state index is 0.00925. The van der Waals surface area contributed by atoms with E-state index < -0.39 is 17.2 Å². The first-order chi connectivity index (χ1) is 14.4. The van der Waals surface area contributed by atoms with E-state index in [1.807, 2.05) is 6.07 Å². The highest BCUT2D eigenvalue weighted by atomic mass is 16.2. The van der Waals surface area contributed by atoms with E-state index in [2.05, 4.69) is 15.3 Å². The van der Waals surface area contributed by atoms with E-state index in [0.29, 0.717) is 11.5 Å². The Labute approximate surface area is 169 Å². The van der Waals surface area contributed by atoms with Crippen LogP contribution < -0.4 is 22.1 Å². The number of fused-ring (bicyclic) bond motifs is 1. The Balaban J connectivity index is 1.59. The van der Waals surface area contributed by atoms with Crippen molar-refractivity contribution in [1.82, 2.24) is 29.0 Å². The Morgan fingerprint density at radius 1 is 1.03 bits per heavy atom.